The average Bonchev–Trinajstić information content (AvgIpc) is 2.98. The van der Waals surface area contributed by atoms with E-state index in [2.05, 4.69) is 22.6 Å². The van der Waals surface area contributed by atoms with E-state index in [4.69, 9.17) is 23.2 Å². The maximum Gasteiger partial charge on any atom is 0.279 e. The van der Waals surface area contributed by atoms with E-state index in [9.17, 15) is 9.59 Å². The Bertz CT molecular complexity index is 1110. The van der Waals surface area contributed by atoms with Crippen molar-refractivity contribution in [2.24, 2.45) is 5.92 Å². The molecule has 2 aromatic heterocycles. The maximum atomic E-state index is 12.9. The minimum absolute atomic E-state index is 0.219. The second-order valence-corrected chi connectivity index (χ2v) is 8.66. The van der Waals surface area contributed by atoms with Crippen molar-refractivity contribution in [2.75, 3.05) is 5.32 Å². The van der Waals surface area contributed by atoms with Crippen LogP contribution >= 0.6 is 34.5 Å². The van der Waals surface area contributed by atoms with Gasteiger partial charge in [-0.2, -0.15) is 0 Å². The van der Waals surface area contributed by atoms with Crippen molar-refractivity contribution in [1.82, 2.24) is 15.0 Å². The highest BCUT2D eigenvalue weighted by molar-refractivity contribution is 7.18. The van der Waals surface area contributed by atoms with E-state index in [1.54, 1.807) is 18.2 Å². The molecule has 0 unspecified atom stereocenters. The van der Waals surface area contributed by atoms with Gasteiger partial charge in [0.2, 0.25) is 5.91 Å². The summed E-state index contributed by atoms with van der Waals surface area (Å²) in [6.45, 7) is 1.99. The summed E-state index contributed by atoms with van der Waals surface area (Å²) in [6.07, 6.45) is 2.89. The number of rotatable bonds is 3. The summed E-state index contributed by atoms with van der Waals surface area (Å²) in [5, 5.41) is 12.2. The number of aryl methyl sites for hydroxylation is 1. The normalized spacial score (nSPS) is 16.3. The van der Waals surface area contributed by atoms with Crippen LogP contribution in [0.1, 0.15) is 23.8 Å². The average molecular weight is 423 g/mol. The number of halogens is 2. The number of nitrogens with one attached hydrogen (secondary N) is 1. The van der Waals surface area contributed by atoms with E-state index in [1.807, 2.05) is 0 Å². The van der Waals surface area contributed by atoms with Gasteiger partial charge < -0.3 is 5.32 Å². The van der Waals surface area contributed by atoms with E-state index < -0.39 is 0 Å². The van der Waals surface area contributed by atoms with Crippen molar-refractivity contribution in [1.29, 1.82) is 0 Å². The standard InChI is InChI=1S/C18H16Cl2N4O2S/c1-9-2-4-11-14(6-9)27-17-16(11)18(26)24(23-22-17)8-15(25)21-10-3-5-12(19)13(20)7-10/h3,5,7,9H,2,4,6,8H2,1H3,(H,21,25)/t9-/m0/s1. The molecule has 0 fully saturated rings. The molecule has 6 nitrogen and oxygen atoms in total. The Balaban J connectivity index is 1.60. The third-order valence-corrected chi connectivity index (χ3v) is 6.56. The van der Waals surface area contributed by atoms with Crippen molar-refractivity contribution in [3.05, 3.63) is 49.0 Å². The van der Waals surface area contributed by atoms with Gasteiger partial charge in [-0.1, -0.05) is 35.3 Å². The molecule has 140 valence electrons. The third kappa shape index (κ3) is 3.59. The zero-order valence-corrected chi connectivity index (χ0v) is 16.8. The van der Waals surface area contributed by atoms with Gasteiger partial charge in [0.15, 0.2) is 4.83 Å². The van der Waals surface area contributed by atoms with E-state index in [-0.39, 0.29) is 18.0 Å². The highest BCUT2D eigenvalue weighted by atomic mass is 35.5. The van der Waals surface area contributed by atoms with Crippen LogP contribution in [-0.4, -0.2) is 20.9 Å². The topological polar surface area (TPSA) is 76.9 Å². The molecular weight excluding hydrogens is 407 g/mol. The molecule has 1 aliphatic carbocycles. The fourth-order valence-corrected chi connectivity index (χ4v) is 4.92. The highest BCUT2D eigenvalue weighted by Crippen LogP contribution is 2.35. The SMILES string of the molecule is C[C@H]1CCc2c(sc3nnn(CC(=O)Nc4ccc(Cl)c(Cl)c4)c(=O)c23)C1. The zero-order chi connectivity index (χ0) is 19.1. The molecular formula is C18H16Cl2N4O2S. The van der Waals surface area contributed by atoms with E-state index >= 15 is 0 Å². The van der Waals surface area contributed by atoms with E-state index in [0.717, 1.165) is 29.5 Å². The van der Waals surface area contributed by atoms with Gasteiger partial charge >= 0.3 is 0 Å². The summed E-state index contributed by atoms with van der Waals surface area (Å²) in [6, 6.07) is 4.78. The molecule has 0 saturated heterocycles. The molecule has 1 atom stereocenters. The first-order valence-electron chi connectivity index (χ1n) is 8.55. The van der Waals surface area contributed by atoms with E-state index in [1.165, 1.54) is 16.2 Å². The van der Waals surface area contributed by atoms with Crippen LogP contribution in [0.5, 0.6) is 0 Å². The molecule has 1 amide bonds. The Labute approximate surface area is 169 Å². The van der Waals surface area contributed by atoms with Crippen LogP contribution < -0.4 is 10.9 Å². The largest absolute Gasteiger partial charge is 0.324 e. The second kappa shape index (κ2) is 7.22. The van der Waals surface area contributed by atoms with Gasteiger partial charge in [0, 0.05) is 10.6 Å². The van der Waals surface area contributed by atoms with Crippen molar-refractivity contribution < 1.29 is 4.79 Å². The minimum Gasteiger partial charge on any atom is -0.324 e. The van der Waals surface area contributed by atoms with Crippen LogP contribution in [-0.2, 0) is 24.2 Å². The van der Waals surface area contributed by atoms with Crippen LogP contribution in [0, 0.1) is 5.92 Å². The lowest BCUT2D eigenvalue weighted by Gasteiger charge is -2.17. The molecule has 0 aliphatic heterocycles. The van der Waals surface area contributed by atoms with Gasteiger partial charge in [0.1, 0.15) is 6.54 Å². The molecule has 0 spiro atoms. The Morgan fingerprint density at radius 2 is 2.19 bits per heavy atom. The number of carbonyl (C=O) groups is 1. The second-order valence-electron chi connectivity index (χ2n) is 6.76. The number of carbonyl (C=O) groups excluding carboxylic acids is 1. The number of benzene rings is 1. The predicted octanol–water partition coefficient (Wildman–Crippen LogP) is 3.92. The summed E-state index contributed by atoms with van der Waals surface area (Å²) in [4.78, 5) is 27.1. The molecule has 27 heavy (non-hydrogen) atoms. The molecule has 4 rings (SSSR count). The van der Waals surface area contributed by atoms with Crippen LogP contribution in [0.25, 0.3) is 10.2 Å². The van der Waals surface area contributed by atoms with Gasteiger partial charge in [-0.15, -0.1) is 16.4 Å². The molecule has 1 aromatic carbocycles. The van der Waals surface area contributed by atoms with Gasteiger partial charge in [-0.3, -0.25) is 9.59 Å². The zero-order valence-electron chi connectivity index (χ0n) is 14.5. The molecule has 2 heterocycles. The summed E-state index contributed by atoms with van der Waals surface area (Å²) in [5.41, 5.74) is 1.31. The van der Waals surface area contributed by atoms with Crippen LogP contribution in [0.3, 0.4) is 0 Å². The number of hydrogen-bond acceptors (Lipinski definition) is 5. The number of thiophene rings is 1. The first-order valence-corrected chi connectivity index (χ1v) is 10.1. The minimum atomic E-state index is -0.387. The van der Waals surface area contributed by atoms with Crippen molar-refractivity contribution in [3.63, 3.8) is 0 Å². The number of aromatic nitrogens is 3. The molecule has 0 saturated carbocycles. The maximum absolute atomic E-state index is 12.9. The number of fused-ring (bicyclic) bond motifs is 3. The number of hydrogen-bond donors (Lipinski definition) is 1. The summed E-state index contributed by atoms with van der Waals surface area (Å²) >= 11 is 13.4. The fourth-order valence-electron chi connectivity index (χ4n) is 3.31. The smallest absolute Gasteiger partial charge is 0.279 e. The molecule has 0 bridgehead atoms. The number of anilines is 1. The van der Waals surface area contributed by atoms with E-state index in [0.29, 0.717) is 31.9 Å². The summed E-state index contributed by atoms with van der Waals surface area (Å²) in [5.74, 6) is 0.222. The van der Waals surface area contributed by atoms with Gasteiger partial charge in [0.05, 0.1) is 15.4 Å². The van der Waals surface area contributed by atoms with Crippen LogP contribution in [0.4, 0.5) is 5.69 Å². The Kier molecular flexibility index (Phi) is 4.92. The lowest BCUT2D eigenvalue weighted by Crippen LogP contribution is -2.30. The van der Waals surface area contributed by atoms with Crippen molar-refractivity contribution in [3.8, 4) is 0 Å². The molecule has 3 aromatic rings. The third-order valence-electron chi connectivity index (χ3n) is 4.68. The monoisotopic (exact) mass is 422 g/mol. The Morgan fingerprint density at radius 1 is 1.37 bits per heavy atom. The van der Waals surface area contributed by atoms with Gasteiger partial charge in [0.25, 0.3) is 5.56 Å². The Morgan fingerprint density at radius 3 is 2.96 bits per heavy atom. The van der Waals surface area contributed by atoms with Crippen LogP contribution in [0.15, 0.2) is 23.0 Å². The number of amides is 1. The van der Waals surface area contributed by atoms with Crippen LogP contribution in [0.2, 0.25) is 10.0 Å². The quantitative estimate of drug-likeness (QED) is 0.693. The predicted molar refractivity (Wildman–Crippen MR) is 108 cm³/mol. The summed E-state index contributed by atoms with van der Waals surface area (Å²) in [7, 11) is 0. The molecule has 9 heteroatoms. The lowest BCUT2D eigenvalue weighted by atomic mass is 9.89. The fraction of sp³-hybridized carbons (Fsp3) is 0.333. The summed E-state index contributed by atoms with van der Waals surface area (Å²) < 4.78 is 1.11. The van der Waals surface area contributed by atoms with Crippen molar-refractivity contribution >= 4 is 56.3 Å². The molecule has 1 aliphatic rings. The highest BCUT2D eigenvalue weighted by Gasteiger charge is 2.24. The molecule has 0 radical (unpaired) electrons. The first-order chi connectivity index (χ1) is 12.9. The van der Waals surface area contributed by atoms with Crippen molar-refractivity contribution in [2.45, 2.75) is 32.7 Å². The lowest BCUT2D eigenvalue weighted by molar-refractivity contribution is -0.117. The molecule has 1 N–H and O–H groups in total. The Hall–Kier alpha value is -1.96. The first kappa shape index (κ1) is 18.4. The van der Waals surface area contributed by atoms with Gasteiger partial charge in [-0.05, 0) is 48.9 Å². The van der Waals surface area contributed by atoms with Gasteiger partial charge in [-0.25, -0.2) is 4.68 Å². The number of nitrogens with zero attached hydrogens (tertiary/aromatic N) is 3.